The van der Waals surface area contributed by atoms with Crippen molar-refractivity contribution >= 4 is 29.7 Å². The standard InChI is InChI=1S/C25H25N3O/c1-17-8-10-19(11-9-17)12-13-20-6-4-5-7-22(20)25(29)28-21-14-15-24(27-3)23(16-21)18(2)26/h4-11,14-16H,2-3,12-13,26H2,1H3,(H,28,29). The van der Waals surface area contributed by atoms with Crippen LogP contribution >= 0.6 is 0 Å². The minimum absolute atomic E-state index is 0.155. The number of nitrogens with two attached hydrogens (primary N) is 1. The van der Waals surface area contributed by atoms with Crippen LogP contribution < -0.4 is 11.1 Å². The lowest BCUT2D eigenvalue weighted by molar-refractivity contribution is 0.102. The zero-order valence-corrected chi connectivity index (χ0v) is 16.6. The maximum atomic E-state index is 12.9. The monoisotopic (exact) mass is 383 g/mol. The predicted molar refractivity (Wildman–Crippen MR) is 122 cm³/mol. The first-order valence-electron chi connectivity index (χ1n) is 9.48. The first-order chi connectivity index (χ1) is 14.0. The third-order valence-corrected chi connectivity index (χ3v) is 4.84. The first kappa shape index (κ1) is 20.1. The van der Waals surface area contributed by atoms with Gasteiger partial charge in [-0.15, -0.1) is 0 Å². The predicted octanol–water partition coefficient (Wildman–Crippen LogP) is 5.29. The molecule has 0 aromatic heterocycles. The van der Waals surface area contributed by atoms with E-state index in [1.807, 2.05) is 24.3 Å². The average Bonchev–Trinajstić information content (AvgIpc) is 2.73. The zero-order chi connectivity index (χ0) is 20.8. The Labute approximate surface area is 171 Å². The summed E-state index contributed by atoms with van der Waals surface area (Å²) < 4.78 is 0. The SMILES string of the molecule is C=Nc1ccc(NC(=O)c2ccccc2CCc2ccc(C)cc2)cc1C(=C)N. The molecule has 3 aromatic rings. The Balaban J connectivity index is 1.78. The van der Waals surface area contributed by atoms with E-state index in [1.54, 1.807) is 18.2 Å². The molecule has 0 spiro atoms. The molecule has 0 atom stereocenters. The Morgan fingerprint density at radius 2 is 1.72 bits per heavy atom. The molecule has 0 heterocycles. The number of nitrogens with one attached hydrogen (secondary N) is 1. The van der Waals surface area contributed by atoms with Gasteiger partial charge in [0.2, 0.25) is 0 Å². The molecule has 3 aromatic carbocycles. The average molecular weight is 383 g/mol. The Hall–Kier alpha value is -3.66. The van der Waals surface area contributed by atoms with Gasteiger partial charge in [0.25, 0.3) is 5.91 Å². The smallest absolute Gasteiger partial charge is 0.255 e. The number of anilines is 1. The van der Waals surface area contributed by atoms with Gasteiger partial charge in [-0.05, 0) is 61.9 Å². The summed E-state index contributed by atoms with van der Waals surface area (Å²) >= 11 is 0. The molecule has 146 valence electrons. The molecular weight excluding hydrogens is 358 g/mol. The highest BCUT2D eigenvalue weighted by Gasteiger charge is 2.13. The fourth-order valence-corrected chi connectivity index (χ4v) is 3.20. The number of nitrogens with zero attached hydrogens (tertiary/aromatic N) is 1. The lowest BCUT2D eigenvalue weighted by Crippen LogP contribution is -2.15. The second-order valence-electron chi connectivity index (χ2n) is 7.01. The van der Waals surface area contributed by atoms with Gasteiger partial charge in [-0.25, -0.2) is 0 Å². The van der Waals surface area contributed by atoms with E-state index in [0.29, 0.717) is 28.2 Å². The van der Waals surface area contributed by atoms with Gasteiger partial charge >= 0.3 is 0 Å². The Kier molecular flexibility index (Phi) is 6.25. The Morgan fingerprint density at radius 1 is 1.00 bits per heavy atom. The minimum atomic E-state index is -0.155. The van der Waals surface area contributed by atoms with E-state index in [2.05, 4.69) is 54.8 Å². The molecule has 0 radical (unpaired) electrons. The second-order valence-corrected chi connectivity index (χ2v) is 7.01. The van der Waals surface area contributed by atoms with Crippen molar-refractivity contribution in [2.24, 2.45) is 10.7 Å². The van der Waals surface area contributed by atoms with E-state index in [1.165, 1.54) is 11.1 Å². The van der Waals surface area contributed by atoms with Crippen LogP contribution in [-0.2, 0) is 12.8 Å². The van der Waals surface area contributed by atoms with Crippen molar-refractivity contribution < 1.29 is 4.79 Å². The molecule has 29 heavy (non-hydrogen) atoms. The summed E-state index contributed by atoms with van der Waals surface area (Å²) in [5.41, 5.74) is 12.3. The fourth-order valence-electron chi connectivity index (χ4n) is 3.20. The lowest BCUT2D eigenvalue weighted by atomic mass is 9.98. The molecule has 0 saturated carbocycles. The number of hydrogen-bond acceptors (Lipinski definition) is 3. The molecular formula is C25H25N3O. The van der Waals surface area contributed by atoms with Gasteiger partial charge in [-0.3, -0.25) is 9.79 Å². The van der Waals surface area contributed by atoms with E-state index >= 15 is 0 Å². The highest BCUT2D eigenvalue weighted by atomic mass is 16.1. The van der Waals surface area contributed by atoms with Gasteiger partial charge < -0.3 is 11.1 Å². The molecule has 0 saturated heterocycles. The largest absolute Gasteiger partial charge is 0.399 e. The summed E-state index contributed by atoms with van der Waals surface area (Å²) in [4.78, 5) is 16.9. The molecule has 3 N–H and O–H groups in total. The third-order valence-electron chi connectivity index (χ3n) is 4.84. The molecule has 4 heteroatoms. The van der Waals surface area contributed by atoms with Crippen LogP contribution in [0.15, 0.2) is 78.3 Å². The molecule has 0 unspecified atom stereocenters. The summed E-state index contributed by atoms with van der Waals surface area (Å²) in [6.45, 7) is 9.38. The summed E-state index contributed by atoms with van der Waals surface area (Å²) in [5.74, 6) is -0.155. The van der Waals surface area contributed by atoms with E-state index in [4.69, 9.17) is 5.73 Å². The number of aryl methyl sites for hydroxylation is 3. The van der Waals surface area contributed by atoms with E-state index in [9.17, 15) is 4.79 Å². The first-order valence-corrected chi connectivity index (χ1v) is 9.48. The van der Waals surface area contributed by atoms with Crippen LogP contribution in [0, 0.1) is 6.92 Å². The van der Waals surface area contributed by atoms with Crippen LogP contribution in [0.2, 0.25) is 0 Å². The van der Waals surface area contributed by atoms with Gasteiger partial charge in [0.05, 0.1) is 5.69 Å². The van der Waals surface area contributed by atoms with Crippen LogP contribution in [-0.4, -0.2) is 12.6 Å². The molecule has 0 aliphatic rings. The number of amides is 1. The van der Waals surface area contributed by atoms with Crippen molar-refractivity contribution in [3.63, 3.8) is 0 Å². The van der Waals surface area contributed by atoms with Crippen LogP contribution in [0.25, 0.3) is 5.70 Å². The van der Waals surface area contributed by atoms with Gasteiger partial charge in [0.15, 0.2) is 0 Å². The molecule has 0 aliphatic carbocycles. The number of carbonyl (C=O) groups is 1. The minimum Gasteiger partial charge on any atom is -0.399 e. The fraction of sp³-hybridized carbons (Fsp3) is 0.120. The molecule has 4 nitrogen and oxygen atoms in total. The number of rotatable bonds is 7. The van der Waals surface area contributed by atoms with Crippen molar-refractivity contribution in [3.05, 3.63) is 101 Å². The number of benzene rings is 3. The summed E-state index contributed by atoms with van der Waals surface area (Å²) in [6, 6.07) is 21.5. The maximum Gasteiger partial charge on any atom is 0.255 e. The van der Waals surface area contributed by atoms with Crippen molar-refractivity contribution in [2.45, 2.75) is 19.8 Å². The summed E-state index contributed by atoms with van der Waals surface area (Å²) in [5, 5.41) is 2.95. The van der Waals surface area contributed by atoms with Gasteiger partial charge in [-0.1, -0.05) is 54.6 Å². The Bertz CT molecular complexity index is 1050. The molecule has 0 bridgehead atoms. The van der Waals surface area contributed by atoms with Crippen molar-refractivity contribution in [1.29, 1.82) is 0 Å². The van der Waals surface area contributed by atoms with E-state index in [-0.39, 0.29) is 5.91 Å². The van der Waals surface area contributed by atoms with Crippen LogP contribution in [0.1, 0.15) is 32.6 Å². The van der Waals surface area contributed by atoms with Crippen molar-refractivity contribution in [3.8, 4) is 0 Å². The topological polar surface area (TPSA) is 67.5 Å². The maximum absolute atomic E-state index is 12.9. The number of carbonyl (C=O) groups excluding carboxylic acids is 1. The van der Waals surface area contributed by atoms with E-state index < -0.39 is 0 Å². The molecule has 0 aliphatic heterocycles. The van der Waals surface area contributed by atoms with Crippen LogP contribution in [0.4, 0.5) is 11.4 Å². The lowest BCUT2D eigenvalue weighted by Gasteiger charge is -2.12. The number of aliphatic imine (C=N–C) groups is 1. The second kappa shape index (κ2) is 9.02. The van der Waals surface area contributed by atoms with Crippen LogP contribution in [0.5, 0.6) is 0 Å². The Morgan fingerprint density at radius 3 is 2.41 bits per heavy atom. The highest BCUT2D eigenvalue weighted by molar-refractivity contribution is 6.05. The van der Waals surface area contributed by atoms with Gasteiger partial charge in [0, 0.05) is 22.5 Å². The van der Waals surface area contributed by atoms with Crippen molar-refractivity contribution in [2.75, 3.05) is 5.32 Å². The molecule has 0 fully saturated rings. The quantitative estimate of drug-likeness (QED) is 0.544. The van der Waals surface area contributed by atoms with Crippen LogP contribution in [0.3, 0.4) is 0 Å². The summed E-state index contributed by atoms with van der Waals surface area (Å²) in [6.07, 6.45) is 1.66. The highest BCUT2D eigenvalue weighted by Crippen LogP contribution is 2.27. The zero-order valence-electron chi connectivity index (χ0n) is 16.6. The van der Waals surface area contributed by atoms with Gasteiger partial charge in [-0.2, -0.15) is 0 Å². The third kappa shape index (κ3) is 4.99. The summed E-state index contributed by atoms with van der Waals surface area (Å²) in [7, 11) is 0. The number of hydrogen-bond donors (Lipinski definition) is 2. The van der Waals surface area contributed by atoms with Crippen molar-refractivity contribution in [1.82, 2.24) is 0 Å². The van der Waals surface area contributed by atoms with Gasteiger partial charge in [0.1, 0.15) is 0 Å². The molecule has 3 rings (SSSR count). The molecule has 1 amide bonds. The normalized spacial score (nSPS) is 10.4. The van der Waals surface area contributed by atoms with E-state index in [0.717, 1.165) is 18.4 Å².